The second-order valence-corrected chi connectivity index (χ2v) is 7.28. The number of nitrogens with zero attached hydrogens (tertiary/aromatic N) is 4. The smallest absolute Gasteiger partial charge is 0.192 e. The van der Waals surface area contributed by atoms with Gasteiger partial charge in [0.2, 0.25) is 0 Å². The zero-order valence-electron chi connectivity index (χ0n) is 17.4. The van der Waals surface area contributed by atoms with Crippen LogP contribution in [0.1, 0.15) is 35.6 Å². The van der Waals surface area contributed by atoms with Crippen molar-refractivity contribution in [3.63, 3.8) is 0 Å². The summed E-state index contributed by atoms with van der Waals surface area (Å²) in [5.41, 5.74) is 2.28. The minimum absolute atomic E-state index is 0. The summed E-state index contributed by atoms with van der Waals surface area (Å²) >= 11 is 0. The summed E-state index contributed by atoms with van der Waals surface area (Å²) in [6.07, 6.45) is 4.36. The lowest BCUT2D eigenvalue weighted by molar-refractivity contribution is 0.296. The Labute approximate surface area is 190 Å². The molecular formula is C21H31IN6O. The molecule has 1 aromatic carbocycles. The molecule has 0 saturated heterocycles. The van der Waals surface area contributed by atoms with Gasteiger partial charge in [-0.15, -0.1) is 40.8 Å². The Hall–Kier alpha value is -2.10. The zero-order valence-corrected chi connectivity index (χ0v) is 19.8. The minimum Gasteiger partial charge on any atom is -0.493 e. The van der Waals surface area contributed by atoms with Crippen molar-refractivity contribution in [1.29, 1.82) is 0 Å². The molecule has 8 heteroatoms. The van der Waals surface area contributed by atoms with E-state index in [0.29, 0.717) is 25.6 Å². The molecule has 2 aromatic rings. The average Bonchev–Trinajstić information content (AvgIpc) is 3.47. The highest BCUT2D eigenvalue weighted by atomic mass is 127. The van der Waals surface area contributed by atoms with Crippen LogP contribution in [0.3, 0.4) is 0 Å². The number of guanidine groups is 1. The Kier molecular flexibility index (Phi) is 8.94. The van der Waals surface area contributed by atoms with Crippen molar-refractivity contribution >= 4 is 29.9 Å². The largest absolute Gasteiger partial charge is 0.493 e. The van der Waals surface area contributed by atoms with Gasteiger partial charge in [-0.25, -0.2) is 4.99 Å². The molecule has 2 N–H and O–H groups in total. The van der Waals surface area contributed by atoms with E-state index in [9.17, 15) is 0 Å². The van der Waals surface area contributed by atoms with Gasteiger partial charge in [-0.1, -0.05) is 18.2 Å². The minimum atomic E-state index is 0. The summed E-state index contributed by atoms with van der Waals surface area (Å²) in [5.74, 6) is 4.09. The molecule has 1 aliphatic carbocycles. The summed E-state index contributed by atoms with van der Waals surface area (Å²) in [6.45, 7) is 10.3. The summed E-state index contributed by atoms with van der Waals surface area (Å²) in [7, 11) is 1.95. The highest BCUT2D eigenvalue weighted by Crippen LogP contribution is 2.30. The van der Waals surface area contributed by atoms with E-state index in [0.717, 1.165) is 35.5 Å². The zero-order chi connectivity index (χ0) is 19.9. The second kappa shape index (κ2) is 11.2. The van der Waals surface area contributed by atoms with Crippen LogP contribution in [0, 0.1) is 19.8 Å². The number of halogens is 1. The molecule has 0 atom stereocenters. The molecule has 1 aromatic heterocycles. The van der Waals surface area contributed by atoms with Crippen LogP contribution in [0.25, 0.3) is 0 Å². The van der Waals surface area contributed by atoms with E-state index >= 15 is 0 Å². The molecule has 3 rings (SSSR count). The first-order chi connectivity index (χ1) is 13.6. The van der Waals surface area contributed by atoms with Gasteiger partial charge >= 0.3 is 0 Å². The van der Waals surface area contributed by atoms with E-state index in [2.05, 4.69) is 52.5 Å². The molecule has 1 fully saturated rings. The number of hydrogen-bond donors (Lipinski definition) is 2. The van der Waals surface area contributed by atoms with E-state index in [1.807, 2.05) is 18.5 Å². The second-order valence-electron chi connectivity index (χ2n) is 7.28. The van der Waals surface area contributed by atoms with Crippen LogP contribution < -0.4 is 15.4 Å². The fourth-order valence-corrected chi connectivity index (χ4v) is 2.69. The first-order valence-electron chi connectivity index (χ1n) is 9.77. The lowest BCUT2D eigenvalue weighted by atomic mass is 10.1. The Morgan fingerprint density at radius 3 is 2.76 bits per heavy atom. The molecule has 1 saturated carbocycles. The van der Waals surface area contributed by atoms with Crippen molar-refractivity contribution in [3.05, 3.63) is 53.6 Å². The van der Waals surface area contributed by atoms with Crippen LogP contribution in [0.2, 0.25) is 0 Å². The quantitative estimate of drug-likeness (QED) is 0.235. The molecule has 0 radical (unpaired) electrons. The van der Waals surface area contributed by atoms with Crippen LogP contribution in [-0.2, 0) is 20.1 Å². The van der Waals surface area contributed by atoms with Gasteiger partial charge in [0.05, 0.1) is 19.7 Å². The Morgan fingerprint density at radius 1 is 1.31 bits per heavy atom. The van der Waals surface area contributed by atoms with E-state index in [1.165, 1.54) is 18.4 Å². The molecule has 0 amide bonds. The summed E-state index contributed by atoms with van der Waals surface area (Å²) in [4.78, 5) is 4.73. The molecule has 1 aliphatic rings. The van der Waals surface area contributed by atoms with E-state index in [-0.39, 0.29) is 24.0 Å². The maximum atomic E-state index is 6.06. The van der Waals surface area contributed by atoms with Crippen LogP contribution in [0.4, 0.5) is 0 Å². The number of aliphatic imine (C=N–C) groups is 1. The van der Waals surface area contributed by atoms with Crippen molar-refractivity contribution in [3.8, 4) is 5.75 Å². The van der Waals surface area contributed by atoms with Crippen molar-refractivity contribution in [2.24, 2.45) is 18.0 Å². The van der Waals surface area contributed by atoms with Crippen molar-refractivity contribution in [2.45, 2.75) is 39.8 Å². The Morgan fingerprint density at radius 2 is 2.10 bits per heavy atom. The number of aryl methyl sites for hydroxylation is 2. The molecule has 0 unspecified atom stereocenters. The van der Waals surface area contributed by atoms with Gasteiger partial charge in [-0.05, 0) is 44.2 Å². The molecule has 0 aliphatic heterocycles. The number of rotatable bonds is 9. The lowest BCUT2D eigenvalue weighted by Gasteiger charge is -2.13. The third-order valence-corrected chi connectivity index (χ3v) is 4.81. The van der Waals surface area contributed by atoms with Crippen LogP contribution in [0.15, 0.2) is 35.8 Å². The molecule has 0 spiro atoms. The van der Waals surface area contributed by atoms with Crippen LogP contribution in [-0.4, -0.2) is 33.9 Å². The van der Waals surface area contributed by atoms with E-state index in [1.54, 1.807) is 6.08 Å². The molecule has 158 valence electrons. The number of aromatic nitrogens is 3. The standard InChI is InChI=1S/C21H30N6O.HI/c1-5-10-22-21(24-13-20-26-25-16(3)27(20)4)23-12-18-9-6-15(2)11-19(18)28-14-17-7-8-17;/h5-6,9,11,17H,1,7-8,10,12-14H2,2-4H3,(H2,22,23,24);1H. The fraction of sp³-hybridized carbons (Fsp3) is 0.476. The van der Waals surface area contributed by atoms with Crippen LogP contribution >= 0.6 is 24.0 Å². The normalized spacial score (nSPS) is 13.6. The maximum absolute atomic E-state index is 6.06. The van der Waals surface area contributed by atoms with Gasteiger partial charge in [0, 0.05) is 19.2 Å². The number of ether oxygens (including phenoxy) is 1. The SMILES string of the molecule is C=CCNC(=NCc1ccc(C)cc1OCC1CC1)NCc1nnc(C)n1C.I. The monoisotopic (exact) mass is 510 g/mol. The highest BCUT2D eigenvalue weighted by molar-refractivity contribution is 14.0. The summed E-state index contributed by atoms with van der Waals surface area (Å²) in [5, 5.41) is 14.8. The van der Waals surface area contributed by atoms with Crippen LogP contribution in [0.5, 0.6) is 5.75 Å². The molecule has 29 heavy (non-hydrogen) atoms. The Bertz CT molecular complexity index is 844. The summed E-state index contributed by atoms with van der Waals surface area (Å²) in [6, 6.07) is 6.29. The fourth-order valence-electron chi connectivity index (χ4n) is 2.69. The van der Waals surface area contributed by atoms with E-state index < -0.39 is 0 Å². The average molecular weight is 510 g/mol. The summed E-state index contributed by atoms with van der Waals surface area (Å²) < 4.78 is 8.02. The third kappa shape index (κ3) is 7.02. The number of benzene rings is 1. The van der Waals surface area contributed by atoms with Gasteiger partial charge in [0.1, 0.15) is 11.6 Å². The van der Waals surface area contributed by atoms with Gasteiger partial charge in [0.25, 0.3) is 0 Å². The molecule has 0 bridgehead atoms. The molecule has 7 nitrogen and oxygen atoms in total. The maximum Gasteiger partial charge on any atom is 0.192 e. The first-order valence-corrected chi connectivity index (χ1v) is 9.77. The lowest BCUT2D eigenvalue weighted by Crippen LogP contribution is -2.37. The molecule has 1 heterocycles. The van der Waals surface area contributed by atoms with Gasteiger partial charge in [-0.3, -0.25) is 0 Å². The van der Waals surface area contributed by atoms with Gasteiger partial charge in [0.15, 0.2) is 11.8 Å². The topological polar surface area (TPSA) is 76.4 Å². The van der Waals surface area contributed by atoms with E-state index in [4.69, 9.17) is 9.73 Å². The Balaban J connectivity index is 0.00000300. The predicted molar refractivity (Wildman–Crippen MR) is 127 cm³/mol. The van der Waals surface area contributed by atoms with Gasteiger partial charge in [-0.2, -0.15) is 0 Å². The number of hydrogen-bond acceptors (Lipinski definition) is 4. The van der Waals surface area contributed by atoms with Crippen molar-refractivity contribution in [1.82, 2.24) is 25.4 Å². The number of nitrogens with one attached hydrogen (secondary N) is 2. The van der Waals surface area contributed by atoms with Crippen molar-refractivity contribution < 1.29 is 4.74 Å². The third-order valence-electron chi connectivity index (χ3n) is 4.81. The molecular weight excluding hydrogens is 479 g/mol. The van der Waals surface area contributed by atoms with Gasteiger partial charge < -0.3 is 19.9 Å². The first kappa shape index (κ1) is 23.2. The van der Waals surface area contributed by atoms with Crippen molar-refractivity contribution in [2.75, 3.05) is 13.2 Å². The predicted octanol–water partition coefficient (Wildman–Crippen LogP) is 3.26. The highest BCUT2D eigenvalue weighted by Gasteiger charge is 2.22.